The molecule has 1 fully saturated rings. The number of hydrogen-bond donors (Lipinski definition) is 1. The minimum Gasteiger partial charge on any atom is -0.481 e. The molecule has 1 unspecified atom stereocenters. The SMILES string of the molecule is O=C(O)C1CC(=O)N(c2nc(Cl)nc3ccccc23)C1. The van der Waals surface area contributed by atoms with Gasteiger partial charge in [-0.15, -0.1) is 0 Å². The van der Waals surface area contributed by atoms with Crippen molar-refractivity contribution in [3.8, 4) is 0 Å². The molecule has 0 aliphatic carbocycles. The highest BCUT2D eigenvalue weighted by Crippen LogP contribution is 2.30. The molecular formula is C13H10ClN3O3. The van der Waals surface area contributed by atoms with Gasteiger partial charge in [-0.25, -0.2) is 4.98 Å². The number of nitrogens with zero attached hydrogens (tertiary/aromatic N) is 3. The number of aromatic nitrogens is 2. The maximum atomic E-state index is 12.0. The first-order valence-electron chi connectivity index (χ1n) is 6.01. The Labute approximate surface area is 119 Å². The fourth-order valence-electron chi connectivity index (χ4n) is 2.32. The van der Waals surface area contributed by atoms with Gasteiger partial charge >= 0.3 is 5.97 Å². The summed E-state index contributed by atoms with van der Waals surface area (Å²) in [6.45, 7) is 0.103. The molecule has 7 heteroatoms. The Morgan fingerprint density at radius 1 is 1.35 bits per heavy atom. The molecule has 1 saturated heterocycles. The lowest BCUT2D eigenvalue weighted by atomic mass is 10.1. The number of carboxylic acids is 1. The van der Waals surface area contributed by atoms with E-state index in [4.69, 9.17) is 16.7 Å². The van der Waals surface area contributed by atoms with E-state index in [0.29, 0.717) is 16.7 Å². The van der Waals surface area contributed by atoms with Crippen LogP contribution >= 0.6 is 11.6 Å². The second-order valence-electron chi connectivity index (χ2n) is 4.58. The summed E-state index contributed by atoms with van der Waals surface area (Å²) >= 11 is 5.87. The highest BCUT2D eigenvalue weighted by atomic mass is 35.5. The van der Waals surface area contributed by atoms with Gasteiger partial charge < -0.3 is 5.11 Å². The zero-order valence-electron chi connectivity index (χ0n) is 10.3. The smallest absolute Gasteiger partial charge is 0.308 e. The van der Waals surface area contributed by atoms with E-state index in [-0.39, 0.29) is 24.2 Å². The van der Waals surface area contributed by atoms with Gasteiger partial charge in [-0.1, -0.05) is 12.1 Å². The van der Waals surface area contributed by atoms with Gasteiger partial charge in [0.1, 0.15) is 5.82 Å². The number of hydrogen-bond acceptors (Lipinski definition) is 4. The lowest BCUT2D eigenvalue weighted by Crippen LogP contribution is -2.27. The van der Waals surface area contributed by atoms with Crippen LogP contribution in [0, 0.1) is 5.92 Å². The fourth-order valence-corrected chi connectivity index (χ4v) is 2.49. The van der Waals surface area contributed by atoms with Crippen molar-refractivity contribution in [1.82, 2.24) is 9.97 Å². The van der Waals surface area contributed by atoms with Gasteiger partial charge in [0.25, 0.3) is 0 Å². The Morgan fingerprint density at radius 2 is 2.10 bits per heavy atom. The highest BCUT2D eigenvalue weighted by Gasteiger charge is 2.36. The predicted octanol–water partition coefficient (Wildman–Crippen LogP) is 1.72. The largest absolute Gasteiger partial charge is 0.481 e. The molecule has 1 aromatic carbocycles. The molecule has 2 heterocycles. The van der Waals surface area contributed by atoms with E-state index in [9.17, 15) is 9.59 Å². The van der Waals surface area contributed by atoms with Gasteiger partial charge in [0.15, 0.2) is 0 Å². The Balaban J connectivity index is 2.10. The van der Waals surface area contributed by atoms with Gasteiger partial charge in [-0.3, -0.25) is 14.5 Å². The van der Waals surface area contributed by atoms with Crippen molar-refractivity contribution in [2.75, 3.05) is 11.4 Å². The minimum absolute atomic E-state index is 0.0225. The number of carbonyl (C=O) groups excluding carboxylic acids is 1. The van der Waals surface area contributed by atoms with Gasteiger partial charge in [-0.2, -0.15) is 4.98 Å². The first-order chi connectivity index (χ1) is 9.56. The van der Waals surface area contributed by atoms with E-state index in [0.717, 1.165) is 0 Å². The standard InChI is InChI=1S/C13H10ClN3O3/c14-13-15-9-4-2-1-3-8(9)11(16-13)17-6-7(12(19)20)5-10(17)18/h1-4,7H,5-6H2,(H,19,20). The number of carboxylic acid groups (broad SMARTS) is 1. The van der Waals surface area contributed by atoms with Gasteiger partial charge in [-0.05, 0) is 23.7 Å². The molecule has 0 bridgehead atoms. The van der Waals surface area contributed by atoms with Crippen molar-refractivity contribution in [2.45, 2.75) is 6.42 Å². The molecule has 20 heavy (non-hydrogen) atoms. The molecule has 1 N–H and O–H groups in total. The van der Waals surface area contributed by atoms with Crippen LogP contribution in [0.3, 0.4) is 0 Å². The molecule has 0 radical (unpaired) electrons. The summed E-state index contributed by atoms with van der Waals surface area (Å²) in [5, 5.41) is 9.74. The molecule has 3 rings (SSSR count). The van der Waals surface area contributed by atoms with E-state index in [1.54, 1.807) is 24.3 Å². The van der Waals surface area contributed by atoms with Crippen molar-refractivity contribution < 1.29 is 14.7 Å². The predicted molar refractivity (Wildman–Crippen MR) is 72.6 cm³/mol. The van der Waals surface area contributed by atoms with Crippen LogP contribution in [0.1, 0.15) is 6.42 Å². The third-order valence-corrected chi connectivity index (χ3v) is 3.45. The monoisotopic (exact) mass is 291 g/mol. The summed E-state index contributed by atoms with van der Waals surface area (Å²) in [6.07, 6.45) is -0.0225. The number of para-hydroxylation sites is 1. The maximum Gasteiger partial charge on any atom is 0.308 e. The first kappa shape index (κ1) is 12.8. The topological polar surface area (TPSA) is 83.4 Å². The molecule has 6 nitrogen and oxygen atoms in total. The van der Waals surface area contributed by atoms with E-state index < -0.39 is 11.9 Å². The van der Waals surface area contributed by atoms with E-state index in [1.165, 1.54) is 4.90 Å². The van der Waals surface area contributed by atoms with Gasteiger partial charge in [0.2, 0.25) is 11.2 Å². The van der Waals surface area contributed by atoms with Crippen molar-refractivity contribution in [3.63, 3.8) is 0 Å². The Bertz CT molecular complexity index is 719. The van der Waals surface area contributed by atoms with Crippen molar-refractivity contribution in [3.05, 3.63) is 29.5 Å². The number of rotatable bonds is 2. The minimum atomic E-state index is -0.981. The molecular weight excluding hydrogens is 282 g/mol. The zero-order valence-corrected chi connectivity index (χ0v) is 11.0. The first-order valence-corrected chi connectivity index (χ1v) is 6.39. The van der Waals surface area contributed by atoms with Gasteiger partial charge in [0, 0.05) is 18.4 Å². The highest BCUT2D eigenvalue weighted by molar-refractivity contribution is 6.29. The van der Waals surface area contributed by atoms with Crippen LogP contribution in [0.25, 0.3) is 10.9 Å². The van der Waals surface area contributed by atoms with Crippen LogP contribution in [-0.4, -0.2) is 33.5 Å². The third kappa shape index (κ3) is 2.08. The summed E-state index contributed by atoms with van der Waals surface area (Å²) in [6, 6.07) is 7.16. The van der Waals surface area contributed by atoms with Crippen molar-refractivity contribution >= 4 is 40.2 Å². The van der Waals surface area contributed by atoms with Crippen LogP contribution in [0.4, 0.5) is 5.82 Å². The zero-order chi connectivity index (χ0) is 14.3. The Kier molecular flexibility index (Phi) is 3.02. The summed E-state index contributed by atoms with van der Waals surface area (Å²) in [7, 11) is 0. The lowest BCUT2D eigenvalue weighted by Gasteiger charge is -2.17. The maximum absolute atomic E-state index is 12.0. The molecule has 1 amide bonds. The molecule has 1 atom stereocenters. The number of fused-ring (bicyclic) bond motifs is 1. The number of carbonyl (C=O) groups is 2. The summed E-state index contributed by atoms with van der Waals surface area (Å²) in [4.78, 5) is 32.6. The summed E-state index contributed by atoms with van der Waals surface area (Å²) < 4.78 is 0. The lowest BCUT2D eigenvalue weighted by molar-refractivity contribution is -0.141. The quantitative estimate of drug-likeness (QED) is 0.852. The Morgan fingerprint density at radius 3 is 2.80 bits per heavy atom. The second kappa shape index (κ2) is 4.72. The van der Waals surface area contributed by atoms with E-state index in [1.807, 2.05) is 0 Å². The number of benzene rings is 1. The molecule has 1 aromatic heterocycles. The molecule has 102 valence electrons. The number of anilines is 1. The van der Waals surface area contributed by atoms with Crippen LogP contribution in [0.2, 0.25) is 5.28 Å². The molecule has 0 saturated carbocycles. The average Bonchev–Trinajstić information content (AvgIpc) is 2.80. The van der Waals surface area contributed by atoms with Gasteiger partial charge in [0.05, 0.1) is 11.4 Å². The van der Waals surface area contributed by atoms with E-state index in [2.05, 4.69) is 9.97 Å². The summed E-state index contributed by atoms with van der Waals surface area (Å²) in [5.74, 6) is -1.59. The third-order valence-electron chi connectivity index (χ3n) is 3.29. The van der Waals surface area contributed by atoms with Crippen LogP contribution < -0.4 is 4.90 Å². The number of amides is 1. The van der Waals surface area contributed by atoms with E-state index >= 15 is 0 Å². The van der Waals surface area contributed by atoms with Crippen LogP contribution in [-0.2, 0) is 9.59 Å². The molecule has 0 spiro atoms. The Hall–Kier alpha value is -2.21. The molecule has 2 aromatic rings. The summed E-state index contributed by atoms with van der Waals surface area (Å²) in [5.41, 5.74) is 0.620. The van der Waals surface area contributed by atoms with Crippen LogP contribution in [0.5, 0.6) is 0 Å². The molecule has 1 aliphatic heterocycles. The average molecular weight is 292 g/mol. The number of halogens is 1. The normalized spacial score (nSPS) is 18.8. The van der Waals surface area contributed by atoms with Crippen molar-refractivity contribution in [2.24, 2.45) is 5.92 Å². The fraction of sp³-hybridized carbons (Fsp3) is 0.231. The number of aliphatic carboxylic acids is 1. The van der Waals surface area contributed by atoms with Crippen LogP contribution in [0.15, 0.2) is 24.3 Å². The second-order valence-corrected chi connectivity index (χ2v) is 4.92. The molecule has 1 aliphatic rings. The van der Waals surface area contributed by atoms with Crippen molar-refractivity contribution in [1.29, 1.82) is 0 Å².